The van der Waals surface area contributed by atoms with Gasteiger partial charge in [-0.25, -0.2) is 4.79 Å². The lowest BCUT2D eigenvalue weighted by Crippen LogP contribution is -2.37. The van der Waals surface area contributed by atoms with Crippen LogP contribution in [0, 0.1) is 5.41 Å². The van der Waals surface area contributed by atoms with E-state index in [2.05, 4.69) is 26.8 Å². The summed E-state index contributed by atoms with van der Waals surface area (Å²) in [4.78, 5) is 14.1. The van der Waals surface area contributed by atoms with Gasteiger partial charge in [-0.15, -0.1) is 0 Å². The van der Waals surface area contributed by atoms with Crippen LogP contribution < -0.4 is 9.47 Å². The summed E-state index contributed by atoms with van der Waals surface area (Å²) in [5.41, 5.74) is 1.19. The van der Waals surface area contributed by atoms with E-state index < -0.39 is 0 Å². The van der Waals surface area contributed by atoms with Gasteiger partial charge in [0.05, 0.1) is 0 Å². The zero-order valence-electron chi connectivity index (χ0n) is 13.7. The van der Waals surface area contributed by atoms with Gasteiger partial charge in [-0.3, -0.25) is 0 Å². The van der Waals surface area contributed by atoms with E-state index in [0.717, 1.165) is 43.7 Å². The van der Waals surface area contributed by atoms with Crippen molar-refractivity contribution in [2.45, 2.75) is 52.6 Å². The fourth-order valence-electron chi connectivity index (χ4n) is 3.04. The van der Waals surface area contributed by atoms with E-state index in [-0.39, 0.29) is 17.6 Å². The van der Waals surface area contributed by atoms with E-state index in [1.165, 1.54) is 6.42 Å². The van der Waals surface area contributed by atoms with Crippen molar-refractivity contribution in [3.8, 4) is 11.5 Å². The maximum Gasteiger partial charge on any atom is 0.415 e. The molecule has 1 aromatic rings. The van der Waals surface area contributed by atoms with Gasteiger partial charge in [-0.05, 0) is 30.7 Å². The molecular formula is C18H25NO3. The van der Waals surface area contributed by atoms with Crippen LogP contribution in [0.5, 0.6) is 11.5 Å². The zero-order chi connectivity index (χ0) is 15.7. The third kappa shape index (κ3) is 3.06. The van der Waals surface area contributed by atoms with Gasteiger partial charge in [0.25, 0.3) is 0 Å². The Bertz CT molecular complexity index is 556. The zero-order valence-corrected chi connectivity index (χ0v) is 13.7. The average molecular weight is 303 g/mol. The first-order valence-electron chi connectivity index (χ1n) is 8.20. The van der Waals surface area contributed by atoms with E-state index in [0.29, 0.717) is 5.75 Å². The normalized spacial score (nSPS) is 21.2. The van der Waals surface area contributed by atoms with E-state index in [9.17, 15) is 4.79 Å². The fourth-order valence-corrected chi connectivity index (χ4v) is 3.04. The maximum atomic E-state index is 12.3. The molecule has 2 heterocycles. The first-order valence-corrected chi connectivity index (χ1v) is 8.20. The Kier molecular flexibility index (Phi) is 4.02. The van der Waals surface area contributed by atoms with Crippen LogP contribution in [0.2, 0.25) is 0 Å². The highest BCUT2D eigenvalue weighted by atomic mass is 16.6. The second kappa shape index (κ2) is 5.82. The highest BCUT2D eigenvalue weighted by Gasteiger charge is 2.35. The van der Waals surface area contributed by atoms with Gasteiger partial charge >= 0.3 is 6.09 Å². The molecule has 1 atom stereocenters. The minimum atomic E-state index is -0.254. The molecule has 1 fully saturated rings. The third-order valence-electron chi connectivity index (χ3n) is 4.50. The van der Waals surface area contributed by atoms with Crippen LogP contribution in [-0.2, 0) is 6.42 Å². The first-order chi connectivity index (χ1) is 10.4. The summed E-state index contributed by atoms with van der Waals surface area (Å²) in [5, 5.41) is 0. The van der Waals surface area contributed by atoms with Crippen LogP contribution in [0.25, 0.3) is 0 Å². The Morgan fingerprint density at radius 1 is 1.23 bits per heavy atom. The molecule has 1 aromatic carbocycles. The molecular weight excluding hydrogens is 278 g/mol. The van der Waals surface area contributed by atoms with Crippen molar-refractivity contribution in [1.29, 1.82) is 0 Å². The monoisotopic (exact) mass is 303 g/mol. The number of hydrogen-bond donors (Lipinski definition) is 0. The van der Waals surface area contributed by atoms with Gasteiger partial charge in [-0.1, -0.05) is 32.9 Å². The molecule has 120 valence electrons. The van der Waals surface area contributed by atoms with Crippen molar-refractivity contribution in [2.75, 3.05) is 13.1 Å². The van der Waals surface area contributed by atoms with Crippen LogP contribution in [0.1, 0.15) is 45.6 Å². The molecule has 22 heavy (non-hydrogen) atoms. The minimum absolute atomic E-state index is 0.0627. The van der Waals surface area contributed by atoms with Crippen LogP contribution in [0.3, 0.4) is 0 Å². The van der Waals surface area contributed by atoms with Crippen molar-refractivity contribution in [3.05, 3.63) is 23.8 Å². The number of carbonyl (C=O) groups is 1. The molecule has 0 aliphatic carbocycles. The van der Waals surface area contributed by atoms with Crippen molar-refractivity contribution < 1.29 is 14.3 Å². The Morgan fingerprint density at radius 3 is 2.64 bits per heavy atom. The number of likely N-dealkylation sites (tertiary alicyclic amines) is 1. The lowest BCUT2D eigenvalue weighted by Gasteiger charge is -2.27. The summed E-state index contributed by atoms with van der Waals surface area (Å²) in [7, 11) is 0. The summed E-state index contributed by atoms with van der Waals surface area (Å²) in [5.74, 6) is 1.30. The number of fused-ring (bicyclic) bond motifs is 1. The number of ether oxygens (including phenoxy) is 2. The molecule has 3 rings (SSSR count). The summed E-state index contributed by atoms with van der Waals surface area (Å²) < 4.78 is 11.7. The number of amides is 1. The first kappa shape index (κ1) is 15.2. The average Bonchev–Trinajstić information content (AvgIpc) is 2.93. The number of hydrogen-bond acceptors (Lipinski definition) is 3. The highest BCUT2D eigenvalue weighted by molar-refractivity contribution is 5.72. The van der Waals surface area contributed by atoms with Crippen LogP contribution in [0.15, 0.2) is 18.2 Å². The van der Waals surface area contributed by atoms with Crippen LogP contribution in [-0.4, -0.2) is 30.2 Å². The summed E-state index contributed by atoms with van der Waals surface area (Å²) in [6.07, 6.45) is 4.05. The standard InChI is InChI=1S/C18H25NO3/c1-18(2,3)15-12-13-8-7-9-14(16(13)22-15)21-17(20)19-10-5-4-6-11-19/h7-9,15H,4-6,10-12H2,1-3H3. The largest absolute Gasteiger partial charge is 0.485 e. The number of para-hydroxylation sites is 1. The van der Waals surface area contributed by atoms with Gasteiger partial charge in [0.1, 0.15) is 6.10 Å². The molecule has 0 bridgehead atoms. The Balaban J connectivity index is 1.74. The molecule has 0 saturated carbocycles. The molecule has 4 heteroatoms. The third-order valence-corrected chi connectivity index (χ3v) is 4.50. The van der Waals surface area contributed by atoms with Gasteiger partial charge in [-0.2, -0.15) is 0 Å². The molecule has 1 saturated heterocycles. The molecule has 0 N–H and O–H groups in total. The summed E-state index contributed by atoms with van der Waals surface area (Å²) in [6, 6.07) is 5.82. The molecule has 4 nitrogen and oxygen atoms in total. The van der Waals surface area contributed by atoms with Crippen LogP contribution in [0.4, 0.5) is 4.79 Å². The highest BCUT2D eigenvalue weighted by Crippen LogP contribution is 2.42. The van der Waals surface area contributed by atoms with Crippen molar-refractivity contribution in [2.24, 2.45) is 5.41 Å². The second-order valence-corrected chi connectivity index (χ2v) is 7.34. The van der Waals surface area contributed by atoms with Crippen molar-refractivity contribution in [1.82, 2.24) is 4.90 Å². The summed E-state index contributed by atoms with van der Waals surface area (Å²) in [6.45, 7) is 8.09. The molecule has 0 aromatic heterocycles. The quantitative estimate of drug-likeness (QED) is 0.786. The molecule has 1 unspecified atom stereocenters. The minimum Gasteiger partial charge on any atom is -0.485 e. The summed E-state index contributed by atoms with van der Waals surface area (Å²) >= 11 is 0. The second-order valence-electron chi connectivity index (χ2n) is 7.34. The molecule has 0 radical (unpaired) electrons. The SMILES string of the molecule is CC(C)(C)C1Cc2cccc(OC(=O)N3CCCCC3)c2O1. The van der Waals surface area contributed by atoms with E-state index in [1.807, 2.05) is 12.1 Å². The van der Waals surface area contributed by atoms with Gasteiger partial charge < -0.3 is 14.4 Å². The molecule has 0 spiro atoms. The van der Waals surface area contributed by atoms with E-state index in [4.69, 9.17) is 9.47 Å². The Hall–Kier alpha value is -1.71. The van der Waals surface area contributed by atoms with Gasteiger partial charge in [0.2, 0.25) is 0 Å². The number of carbonyl (C=O) groups excluding carboxylic acids is 1. The predicted octanol–water partition coefficient (Wildman–Crippen LogP) is 4.02. The van der Waals surface area contributed by atoms with E-state index in [1.54, 1.807) is 4.90 Å². The molecule has 2 aliphatic rings. The lowest BCUT2D eigenvalue weighted by atomic mass is 9.87. The number of rotatable bonds is 1. The Labute approximate surface area is 132 Å². The van der Waals surface area contributed by atoms with Gasteiger partial charge in [0, 0.05) is 25.1 Å². The smallest absolute Gasteiger partial charge is 0.415 e. The number of benzene rings is 1. The predicted molar refractivity (Wildman–Crippen MR) is 85.5 cm³/mol. The topological polar surface area (TPSA) is 38.8 Å². The van der Waals surface area contributed by atoms with Gasteiger partial charge in [0.15, 0.2) is 11.5 Å². The lowest BCUT2D eigenvalue weighted by molar-refractivity contribution is 0.103. The fraction of sp³-hybridized carbons (Fsp3) is 0.611. The molecule has 2 aliphatic heterocycles. The van der Waals surface area contributed by atoms with Crippen molar-refractivity contribution >= 4 is 6.09 Å². The number of piperidine rings is 1. The Morgan fingerprint density at radius 2 is 1.95 bits per heavy atom. The van der Waals surface area contributed by atoms with Crippen LogP contribution >= 0.6 is 0 Å². The van der Waals surface area contributed by atoms with E-state index >= 15 is 0 Å². The molecule has 1 amide bonds. The number of nitrogens with zero attached hydrogens (tertiary/aromatic N) is 1. The maximum absolute atomic E-state index is 12.3. The van der Waals surface area contributed by atoms with Crippen molar-refractivity contribution in [3.63, 3.8) is 0 Å².